The van der Waals surface area contributed by atoms with Crippen molar-refractivity contribution < 1.29 is 4.74 Å². The molecule has 0 bridgehead atoms. The molecule has 0 atom stereocenters. The summed E-state index contributed by atoms with van der Waals surface area (Å²) in [7, 11) is 1.63. The van der Waals surface area contributed by atoms with Gasteiger partial charge in [-0.25, -0.2) is 9.97 Å². The minimum Gasteiger partial charge on any atom is -0.481 e. The third-order valence-corrected chi connectivity index (χ3v) is 5.85. The lowest BCUT2D eigenvalue weighted by molar-refractivity contribution is 0.295. The third kappa shape index (κ3) is 5.73. The van der Waals surface area contributed by atoms with E-state index in [0.717, 1.165) is 53.7 Å². The van der Waals surface area contributed by atoms with Gasteiger partial charge in [0.1, 0.15) is 5.52 Å². The van der Waals surface area contributed by atoms with Crippen LogP contribution in [-0.4, -0.2) is 48.2 Å². The molecule has 0 aliphatic rings. The monoisotopic (exact) mass is 428 g/mol. The molecule has 0 radical (unpaired) electrons. The number of aromatic nitrogens is 2. The minimum atomic E-state index is 0.592. The van der Waals surface area contributed by atoms with Gasteiger partial charge < -0.3 is 15.0 Å². The first-order valence-electron chi connectivity index (χ1n) is 11.1. The molecule has 3 rings (SSSR count). The maximum Gasteiger partial charge on any atom is 0.213 e. The fourth-order valence-electron chi connectivity index (χ4n) is 3.81. The van der Waals surface area contributed by atoms with Crippen LogP contribution in [0.2, 0.25) is 5.02 Å². The second kappa shape index (κ2) is 11.3. The van der Waals surface area contributed by atoms with Crippen LogP contribution in [0.4, 0.5) is 5.69 Å². The van der Waals surface area contributed by atoms with Gasteiger partial charge in [0.05, 0.1) is 23.8 Å². The lowest BCUT2D eigenvalue weighted by atomic mass is 10.1. The van der Waals surface area contributed by atoms with Gasteiger partial charge >= 0.3 is 0 Å². The Kier molecular flexibility index (Phi) is 8.52. The summed E-state index contributed by atoms with van der Waals surface area (Å²) >= 11 is 6.20. The Hall–Kier alpha value is -2.11. The fraction of sp³-hybridized carbons (Fsp3) is 0.500. The zero-order chi connectivity index (χ0) is 21.3. The Bertz CT molecular complexity index is 959. The maximum absolute atomic E-state index is 6.20. The number of benzene rings is 1. The van der Waals surface area contributed by atoms with Crippen LogP contribution in [0.25, 0.3) is 21.9 Å². The number of rotatable bonds is 12. The first kappa shape index (κ1) is 22.6. The summed E-state index contributed by atoms with van der Waals surface area (Å²) in [5.74, 6) is 0.592. The van der Waals surface area contributed by atoms with Crippen molar-refractivity contribution in [1.82, 2.24) is 14.9 Å². The first-order chi connectivity index (χ1) is 14.7. The summed E-state index contributed by atoms with van der Waals surface area (Å²) in [6.07, 6.45) is 6.24. The zero-order valence-electron chi connectivity index (χ0n) is 18.4. The molecule has 30 heavy (non-hydrogen) atoms. The predicted molar refractivity (Wildman–Crippen MR) is 128 cm³/mol. The van der Waals surface area contributed by atoms with Crippen LogP contribution in [0.15, 0.2) is 30.3 Å². The van der Waals surface area contributed by atoms with Gasteiger partial charge in [-0.15, -0.1) is 0 Å². The van der Waals surface area contributed by atoms with Crippen molar-refractivity contribution in [3.8, 4) is 5.88 Å². The van der Waals surface area contributed by atoms with Crippen molar-refractivity contribution in [3.63, 3.8) is 0 Å². The predicted octanol–water partition coefficient (Wildman–Crippen LogP) is 6.15. The van der Waals surface area contributed by atoms with Crippen molar-refractivity contribution in [2.45, 2.75) is 46.0 Å². The van der Waals surface area contributed by atoms with E-state index in [1.807, 2.05) is 30.3 Å². The number of hydrogen-bond acceptors (Lipinski definition) is 5. The number of halogens is 1. The van der Waals surface area contributed by atoms with Crippen molar-refractivity contribution >= 4 is 39.2 Å². The molecule has 2 heterocycles. The molecule has 6 heteroatoms. The molecule has 0 fully saturated rings. The van der Waals surface area contributed by atoms with Crippen molar-refractivity contribution in [2.75, 3.05) is 38.6 Å². The Morgan fingerprint density at radius 1 is 0.933 bits per heavy atom. The van der Waals surface area contributed by atoms with E-state index in [0.29, 0.717) is 10.9 Å². The molecule has 5 nitrogen and oxygen atoms in total. The zero-order valence-corrected chi connectivity index (χ0v) is 19.1. The molecule has 2 aromatic heterocycles. The normalized spacial score (nSPS) is 11.5. The molecule has 0 aliphatic carbocycles. The molecule has 0 amide bonds. The van der Waals surface area contributed by atoms with Gasteiger partial charge in [0.25, 0.3) is 0 Å². The van der Waals surface area contributed by atoms with E-state index in [4.69, 9.17) is 21.3 Å². The summed E-state index contributed by atoms with van der Waals surface area (Å²) in [6, 6.07) is 9.61. The molecule has 3 aromatic rings. The molecule has 0 aliphatic heterocycles. The van der Waals surface area contributed by atoms with Crippen LogP contribution in [0.1, 0.15) is 46.0 Å². The molecule has 0 unspecified atom stereocenters. The van der Waals surface area contributed by atoms with Gasteiger partial charge in [0.2, 0.25) is 5.88 Å². The Morgan fingerprint density at radius 2 is 1.70 bits per heavy atom. The molecule has 0 spiro atoms. The Labute approximate surface area is 184 Å². The summed E-state index contributed by atoms with van der Waals surface area (Å²) < 4.78 is 5.33. The second-order valence-corrected chi connectivity index (χ2v) is 8.03. The summed E-state index contributed by atoms with van der Waals surface area (Å²) in [6.45, 7) is 8.90. The first-order valence-corrected chi connectivity index (χ1v) is 11.4. The lowest BCUT2D eigenvalue weighted by Gasteiger charge is -2.17. The molecule has 162 valence electrons. The molecule has 1 aromatic carbocycles. The number of nitrogens with zero attached hydrogens (tertiary/aromatic N) is 3. The molecular weight excluding hydrogens is 396 g/mol. The van der Waals surface area contributed by atoms with Crippen LogP contribution in [0, 0.1) is 0 Å². The highest BCUT2D eigenvalue weighted by molar-refractivity contribution is 6.31. The fourth-order valence-corrected chi connectivity index (χ4v) is 3.98. The van der Waals surface area contributed by atoms with Crippen LogP contribution >= 0.6 is 11.6 Å². The Balaban J connectivity index is 1.63. The van der Waals surface area contributed by atoms with Crippen molar-refractivity contribution in [2.24, 2.45) is 0 Å². The van der Waals surface area contributed by atoms with E-state index in [1.54, 1.807) is 7.11 Å². The van der Waals surface area contributed by atoms with Crippen LogP contribution in [0.5, 0.6) is 5.88 Å². The van der Waals surface area contributed by atoms with Gasteiger partial charge in [-0.3, -0.25) is 0 Å². The molecule has 0 saturated heterocycles. The van der Waals surface area contributed by atoms with Crippen molar-refractivity contribution in [1.29, 1.82) is 0 Å². The number of anilines is 1. The second-order valence-electron chi connectivity index (χ2n) is 7.59. The maximum atomic E-state index is 6.20. The highest BCUT2D eigenvalue weighted by Crippen LogP contribution is 2.32. The van der Waals surface area contributed by atoms with E-state index >= 15 is 0 Å². The SMILES string of the molecule is CCN(CC)CCCCCCCNc1c2ccc(Cl)cc2nc2ccc(OC)nc12. The highest BCUT2D eigenvalue weighted by atomic mass is 35.5. The number of pyridine rings is 2. The number of hydrogen-bond donors (Lipinski definition) is 1. The quantitative estimate of drug-likeness (QED) is 0.277. The van der Waals surface area contributed by atoms with Gasteiger partial charge in [-0.05, 0) is 56.7 Å². The van der Waals surface area contributed by atoms with Gasteiger partial charge in [-0.1, -0.05) is 44.7 Å². The largest absolute Gasteiger partial charge is 0.481 e. The summed E-state index contributed by atoms with van der Waals surface area (Å²) in [5.41, 5.74) is 3.56. The summed E-state index contributed by atoms with van der Waals surface area (Å²) in [5, 5.41) is 5.34. The van der Waals surface area contributed by atoms with E-state index in [-0.39, 0.29) is 0 Å². The topological polar surface area (TPSA) is 50.3 Å². The average molecular weight is 429 g/mol. The standard InChI is InChI=1S/C24H33ClN4O/c1-4-29(5-2)16-10-8-6-7-9-15-26-23-19-12-11-18(25)17-21(19)27-20-13-14-22(30-3)28-24(20)23/h11-14,17H,4-10,15-16H2,1-3H3,(H,26,27). The number of ether oxygens (including phenoxy) is 1. The van der Waals surface area contributed by atoms with Crippen molar-refractivity contribution in [3.05, 3.63) is 35.4 Å². The van der Waals surface area contributed by atoms with E-state index < -0.39 is 0 Å². The molecule has 1 N–H and O–H groups in total. The smallest absolute Gasteiger partial charge is 0.213 e. The van der Waals surface area contributed by atoms with E-state index in [2.05, 4.69) is 29.0 Å². The van der Waals surface area contributed by atoms with Gasteiger partial charge in [-0.2, -0.15) is 0 Å². The van der Waals surface area contributed by atoms with E-state index in [1.165, 1.54) is 32.2 Å². The van der Waals surface area contributed by atoms with Crippen LogP contribution in [-0.2, 0) is 0 Å². The third-order valence-electron chi connectivity index (χ3n) is 5.61. The van der Waals surface area contributed by atoms with Crippen LogP contribution < -0.4 is 10.1 Å². The highest BCUT2D eigenvalue weighted by Gasteiger charge is 2.12. The molecule has 0 saturated carbocycles. The number of methoxy groups -OCH3 is 1. The average Bonchev–Trinajstić information content (AvgIpc) is 2.77. The molecular formula is C24H33ClN4O. The number of unbranched alkanes of at least 4 members (excludes halogenated alkanes) is 4. The number of nitrogens with one attached hydrogen (secondary N) is 1. The summed E-state index contributed by atoms with van der Waals surface area (Å²) in [4.78, 5) is 11.9. The van der Waals surface area contributed by atoms with Crippen LogP contribution in [0.3, 0.4) is 0 Å². The van der Waals surface area contributed by atoms with Gasteiger partial charge in [0.15, 0.2) is 0 Å². The van der Waals surface area contributed by atoms with Gasteiger partial charge in [0, 0.05) is 23.0 Å². The Morgan fingerprint density at radius 3 is 2.47 bits per heavy atom. The van der Waals surface area contributed by atoms with E-state index in [9.17, 15) is 0 Å². The minimum absolute atomic E-state index is 0.592. The lowest BCUT2D eigenvalue weighted by Crippen LogP contribution is -2.23. The number of fused-ring (bicyclic) bond motifs is 2.